The Morgan fingerprint density at radius 2 is 2.27 bits per heavy atom. The lowest BCUT2D eigenvalue weighted by molar-refractivity contribution is -0.131. The van der Waals surface area contributed by atoms with Crippen LogP contribution in [0.1, 0.15) is 32.6 Å². The van der Waals surface area contributed by atoms with Crippen LogP contribution in [0.3, 0.4) is 0 Å². The molecule has 2 aliphatic rings. The molecule has 0 spiro atoms. The van der Waals surface area contributed by atoms with Crippen molar-refractivity contribution < 1.29 is 9.18 Å². The predicted molar refractivity (Wildman–Crippen MR) is 79.8 cm³/mol. The number of likely N-dealkylation sites (tertiary alicyclic amines) is 1. The lowest BCUT2D eigenvalue weighted by atomic mass is 10.1. The number of nitrogens with one attached hydrogen (secondary N) is 1. The van der Waals surface area contributed by atoms with Gasteiger partial charge in [0.15, 0.2) is 0 Å². The van der Waals surface area contributed by atoms with Gasteiger partial charge in [0.2, 0.25) is 5.91 Å². The quantitative estimate of drug-likeness (QED) is 0.881. The van der Waals surface area contributed by atoms with E-state index in [-0.39, 0.29) is 18.5 Å². The summed E-state index contributed by atoms with van der Waals surface area (Å²) >= 11 is 0. The van der Waals surface area contributed by atoms with Crippen molar-refractivity contribution >= 4 is 5.91 Å². The SMILES string of the molecule is C[C@@H]1C[C@H](F)CN1C(=O)CN[C@@H]1CC[C@H](Cn2cncn2)C1. The molecule has 4 atom stereocenters. The number of halogens is 1. The van der Waals surface area contributed by atoms with Gasteiger partial charge in [-0.15, -0.1) is 0 Å². The third-order valence-corrected chi connectivity index (χ3v) is 4.84. The molecule has 6 nitrogen and oxygen atoms in total. The number of amides is 1. The predicted octanol–water partition coefficient (Wildman–Crippen LogP) is 0.995. The van der Waals surface area contributed by atoms with E-state index in [0.29, 0.717) is 24.9 Å². The van der Waals surface area contributed by atoms with Crippen molar-refractivity contribution in [2.75, 3.05) is 13.1 Å². The highest BCUT2D eigenvalue weighted by atomic mass is 19.1. The first kappa shape index (κ1) is 15.4. The fraction of sp³-hybridized carbons (Fsp3) is 0.800. The molecule has 0 radical (unpaired) electrons. The van der Waals surface area contributed by atoms with Crippen molar-refractivity contribution in [3.8, 4) is 0 Å². The van der Waals surface area contributed by atoms with Crippen molar-refractivity contribution in [1.29, 1.82) is 0 Å². The average Bonchev–Trinajstić information content (AvgIpc) is 3.19. The molecule has 1 aromatic rings. The lowest BCUT2D eigenvalue weighted by Gasteiger charge is -2.22. The first-order valence-corrected chi connectivity index (χ1v) is 8.11. The van der Waals surface area contributed by atoms with Crippen LogP contribution in [-0.4, -0.2) is 56.9 Å². The average molecular weight is 309 g/mol. The molecule has 0 bridgehead atoms. The zero-order valence-corrected chi connectivity index (χ0v) is 13.0. The van der Waals surface area contributed by atoms with Gasteiger partial charge >= 0.3 is 0 Å². The Balaban J connectivity index is 1.40. The van der Waals surface area contributed by atoms with Crippen molar-refractivity contribution in [2.24, 2.45) is 5.92 Å². The topological polar surface area (TPSA) is 63.1 Å². The number of carbonyl (C=O) groups is 1. The zero-order valence-electron chi connectivity index (χ0n) is 13.0. The van der Waals surface area contributed by atoms with Gasteiger partial charge in [-0.2, -0.15) is 5.10 Å². The van der Waals surface area contributed by atoms with Gasteiger partial charge in [0.05, 0.1) is 13.1 Å². The standard InChI is InChI=1S/C15H24FN5O/c1-11-4-13(16)8-21(11)15(22)6-18-14-3-2-12(5-14)7-20-10-17-9-19-20/h9-14,18H,2-8H2,1H3/t11-,12+,13+,14-/m1/s1. The summed E-state index contributed by atoms with van der Waals surface area (Å²) in [5.41, 5.74) is 0. The molecule has 7 heteroatoms. The maximum Gasteiger partial charge on any atom is 0.236 e. The molecule has 1 saturated heterocycles. The van der Waals surface area contributed by atoms with Gasteiger partial charge in [0.25, 0.3) is 0 Å². The summed E-state index contributed by atoms with van der Waals surface area (Å²) in [6.45, 7) is 3.37. The highest BCUT2D eigenvalue weighted by Gasteiger charge is 2.32. The Kier molecular flexibility index (Phi) is 4.71. The second-order valence-corrected chi connectivity index (χ2v) is 6.60. The Bertz CT molecular complexity index is 494. The smallest absolute Gasteiger partial charge is 0.236 e. The third kappa shape index (κ3) is 3.63. The molecule has 3 rings (SSSR count). The normalized spacial score (nSPS) is 31.8. The van der Waals surface area contributed by atoms with Gasteiger partial charge in [-0.05, 0) is 32.1 Å². The summed E-state index contributed by atoms with van der Waals surface area (Å²) in [7, 11) is 0. The number of rotatable bonds is 5. The number of nitrogens with zero attached hydrogens (tertiary/aromatic N) is 4. The minimum absolute atomic E-state index is 0.0207. The molecule has 2 heterocycles. The molecule has 2 fully saturated rings. The molecular formula is C15H24FN5O. The van der Waals surface area contributed by atoms with Crippen LogP contribution in [0.25, 0.3) is 0 Å². The number of hydrogen-bond acceptors (Lipinski definition) is 4. The number of carbonyl (C=O) groups excluding carboxylic acids is 1. The van der Waals surface area contributed by atoms with Crippen molar-refractivity contribution in [3.63, 3.8) is 0 Å². The van der Waals surface area contributed by atoms with E-state index in [0.717, 1.165) is 25.8 Å². The second kappa shape index (κ2) is 6.73. The Morgan fingerprint density at radius 1 is 1.41 bits per heavy atom. The van der Waals surface area contributed by atoms with Crippen LogP contribution in [0.4, 0.5) is 4.39 Å². The zero-order chi connectivity index (χ0) is 15.5. The molecule has 1 aromatic heterocycles. The molecule has 22 heavy (non-hydrogen) atoms. The molecule has 1 aliphatic heterocycles. The minimum atomic E-state index is -0.863. The highest BCUT2D eigenvalue weighted by Crippen LogP contribution is 2.27. The summed E-state index contributed by atoms with van der Waals surface area (Å²) < 4.78 is 15.2. The summed E-state index contributed by atoms with van der Waals surface area (Å²) in [4.78, 5) is 17.8. The summed E-state index contributed by atoms with van der Waals surface area (Å²) in [6, 6.07) is 0.393. The summed E-state index contributed by atoms with van der Waals surface area (Å²) in [6.07, 6.45) is 6.17. The maximum atomic E-state index is 13.3. The third-order valence-electron chi connectivity index (χ3n) is 4.84. The largest absolute Gasteiger partial charge is 0.336 e. The van der Waals surface area contributed by atoms with Crippen LogP contribution in [0, 0.1) is 5.92 Å². The lowest BCUT2D eigenvalue weighted by Crippen LogP contribution is -2.42. The van der Waals surface area contributed by atoms with Gasteiger partial charge < -0.3 is 10.2 Å². The van der Waals surface area contributed by atoms with Crippen molar-refractivity contribution in [3.05, 3.63) is 12.7 Å². The van der Waals surface area contributed by atoms with E-state index in [1.54, 1.807) is 17.6 Å². The first-order chi connectivity index (χ1) is 10.6. The highest BCUT2D eigenvalue weighted by molar-refractivity contribution is 5.79. The summed E-state index contributed by atoms with van der Waals surface area (Å²) in [5, 5.41) is 7.48. The summed E-state index contributed by atoms with van der Waals surface area (Å²) in [5.74, 6) is 0.600. The first-order valence-electron chi connectivity index (χ1n) is 8.11. The van der Waals surface area contributed by atoms with Gasteiger partial charge in [0.1, 0.15) is 18.8 Å². The Labute approximate surface area is 130 Å². The number of aromatic nitrogens is 3. The van der Waals surface area contributed by atoms with E-state index in [9.17, 15) is 9.18 Å². The molecule has 1 amide bonds. The molecule has 0 aromatic carbocycles. The molecule has 1 N–H and O–H groups in total. The van der Waals surface area contributed by atoms with Crippen LogP contribution in [0.15, 0.2) is 12.7 Å². The van der Waals surface area contributed by atoms with E-state index in [4.69, 9.17) is 0 Å². The Morgan fingerprint density at radius 3 is 2.95 bits per heavy atom. The van der Waals surface area contributed by atoms with Gasteiger partial charge in [-0.25, -0.2) is 9.37 Å². The van der Waals surface area contributed by atoms with E-state index < -0.39 is 6.17 Å². The number of alkyl halides is 1. The van der Waals surface area contributed by atoms with Gasteiger partial charge in [0, 0.05) is 25.0 Å². The van der Waals surface area contributed by atoms with Gasteiger partial charge in [-0.1, -0.05) is 0 Å². The maximum absolute atomic E-state index is 13.3. The minimum Gasteiger partial charge on any atom is -0.336 e. The Hall–Kier alpha value is -1.50. The van der Waals surface area contributed by atoms with E-state index in [1.165, 1.54) is 0 Å². The molecule has 0 unspecified atom stereocenters. The second-order valence-electron chi connectivity index (χ2n) is 6.60. The fourth-order valence-electron chi connectivity index (χ4n) is 3.66. The van der Waals surface area contributed by atoms with Crippen LogP contribution in [0.5, 0.6) is 0 Å². The fourth-order valence-corrected chi connectivity index (χ4v) is 3.66. The van der Waals surface area contributed by atoms with Crippen molar-refractivity contribution in [2.45, 2.75) is 57.4 Å². The molecule has 122 valence electrons. The van der Waals surface area contributed by atoms with Crippen LogP contribution < -0.4 is 5.32 Å². The van der Waals surface area contributed by atoms with E-state index in [2.05, 4.69) is 15.4 Å². The van der Waals surface area contributed by atoms with Crippen LogP contribution in [0.2, 0.25) is 0 Å². The van der Waals surface area contributed by atoms with Crippen molar-refractivity contribution in [1.82, 2.24) is 25.0 Å². The van der Waals surface area contributed by atoms with E-state index in [1.807, 2.05) is 11.6 Å². The molecular weight excluding hydrogens is 285 g/mol. The van der Waals surface area contributed by atoms with E-state index >= 15 is 0 Å². The molecule has 1 saturated carbocycles. The number of hydrogen-bond donors (Lipinski definition) is 1. The monoisotopic (exact) mass is 309 g/mol. The van der Waals surface area contributed by atoms with Gasteiger partial charge in [-0.3, -0.25) is 9.48 Å². The van der Waals surface area contributed by atoms with Crippen LogP contribution in [-0.2, 0) is 11.3 Å². The van der Waals surface area contributed by atoms with Crippen LogP contribution >= 0.6 is 0 Å². The molecule has 1 aliphatic carbocycles.